The molecule has 0 aliphatic rings. The smallest absolute Gasteiger partial charge is 0.330 e. The van der Waals surface area contributed by atoms with Gasteiger partial charge in [-0.2, -0.15) is 0 Å². The van der Waals surface area contributed by atoms with E-state index in [0.29, 0.717) is 5.92 Å². The predicted octanol–water partition coefficient (Wildman–Crippen LogP) is 1.93. The molecule has 0 aliphatic heterocycles. The molecule has 11 heavy (non-hydrogen) atoms. The number of ether oxygens (including phenoxy) is 1. The zero-order chi connectivity index (χ0) is 8.69. The zero-order valence-corrected chi connectivity index (χ0v) is 7.04. The van der Waals surface area contributed by atoms with E-state index in [2.05, 4.69) is 6.58 Å². The summed E-state index contributed by atoms with van der Waals surface area (Å²) >= 11 is 0. The van der Waals surface area contributed by atoms with Gasteiger partial charge < -0.3 is 4.74 Å². The van der Waals surface area contributed by atoms with Gasteiger partial charge in [0.2, 0.25) is 0 Å². The highest BCUT2D eigenvalue weighted by molar-refractivity contribution is 5.81. The first-order valence-electron chi connectivity index (χ1n) is 3.62. The van der Waals surface area contributed by atoms with Crippen LogP contribution in [0.25, 0.3) is 0 Å². The maximum atomic E-state index is 10.7. The summed E-state index contributed by atoms with van der Waals surface area (Å²) in [4.78, 5) is 10.7. The van der Waals surface area contributed by atoms with Crippen molar-refractivity contribution in [3.05, 3.63) is 24.8 Å². The van der Waals surface area contributed by atoms with Crippen LogP contribution in [0.1, 0.15) is 13.8 Å². The number of carbonyl (C=O) groups is 1. The largest absolute Gasteiger partial charge is 0.458 e. The second-order valence-corrected chi connectivity index (χ2v) is 2.52. The van der Waals surface area contributed by atoms with Crippen LogP contribution in [0.3, 0.4) is 0 Å². The molecular weight excluding hydrogens is 140 g/mol. The number of carbonyl (C=O) groups excluding carboxylic acids is 1. The van der Waals surface area contributed by atoms with Crippen molar-refractivity contribution in [2.24, 2.45) is 5.92 Å². The Balaban J connectivity index is 3.59. The third kappa shape index (κ3) is 6.84. The molecule has 0 saturated heterocycles. The van der Waals surface area contributed by atoms with Gasteiger partial charge in [0, 0.05) is 6.08 Å². The van der Waals surface area contributed by atoms with E-state index in [1.807, 2.05) is 13.8 Å². The third-order valence-corrected chi connectivity index (χ3v) is 0.961. The lowest BCUT2D eigenvalue weighted by Gasteiger charge is -1.96. The van der Waals surface area contributed by atoms with E-state index in [1.165, 1.54) is 6.08 Å². The fourth-order valence-corrected chi connectivity index (χ4v) is 0.460. The van der Waals surface area contributed by atoms with Crippen LogP contribution < -0.4 is 0 Å². The van der Waals surface area contributed by atoms with Gasteiger partial charge in [-0.3, -0.25) is 0 Å². The maximum absolute atomic E-state index is 10.7. The van der Waals surface area contributed by atoms with E-state index >= 15 is 0 Å². The first-order valence-corrected chi connectivity index (χ1v) is 3.62. The zero-order valence-electron chi connectivity index (χ0n) is 7.04. The third-order valence-electron chi connectivity index (χ3n) is 0.961. The topological polar surface area (TPSA) is 26.3 Å². The highest BCUT2D eigenvalue weighted by Gasteiger charge is 1.93. The molecule has 0 fully saturated rings. The first-order chi connectivity index (χ1) is 5.16. The molecule has 0 radical (unpaired) electrons. The monoisotopic (exact) mass is 154 g/mol. The number of esters is 1. The van der Waals surface area contributed by atoms with Crippen LogP contribution in [0.2, 0.25) is 0 Å². The van der Waals surface area contributed by atoms with E-state index < -0.39 is 0 Å². The van der Waals surface area contributed by atoms with Crippen LogP contribution in [0.5, 0.6) is 0 Å². The Bertz CT molecular complexity index is 157. The van der Waals surface area contributed by atoms with Gasteiger partial charge in [0.15, 0.2) is 0 Å². The van der Waals surface area contributed by atoms with Crippen LogP contribution >= 0.6 is 0 Å². The van der Waals surface area contributed by atoms with E-state index in [0.717, 1.165) is 0 Å². The summed E-state index contributed by atoms with van der Waals surface area (Å²) in [5, 5.41) is 0. The lowest BCUT2D eigenvalue weighted by atomic mass is 10.2. The molecule has 0 spiro atoms. The van der Waals surface area contributed by atoms with Crippen molar-refractivity contribution in [2.45, 2.75) is 13.8 Å². The van der Waals surface area contributed by atoms with Gasteiger partial charge in [-0.05, 0) is 5.92 Å². The summed E-state index contributed by atoms with van der Waals surface area (Å²) in [7, 11) is 0. The van der Waals surface area contributed by atoms with Gasteiger partial charge in [0.25, 0.3) is 0 Å². The number of allylic oxidation sites excluding steroid dienone is 1. The van der Waals surface area contributed by atoms with Gasteiger partial charge in [0.1, 0.15) is 6.61 Å². The fraction of sp³-hybridized carbons (Fsp3) is 0.444. The highest BCUT2D eigenvalue weighted by atomic mass is 16.5. The SMILES string of the molecule is C=CCOC(=O)/C=C/C(C)C. The Morgan fingerprint density at radius 1 is 1.64 bits per heavy atom. The maximum Gasteiger partial charge on any atom is 0.330 e. The van der Waals surface area contributed by atoms with Crippen LogP contribution in [-0.4, -0.2) is 12.6 Å². The van der Waals surface area contributed by atoms with Crippen molar-refractivity contribution in [3.63, 3.8) is 0 Å². The van der Waals surface area contributed by atoms with Crippen LogP contribution in [-0.2, 0) is 9.53 Å². The standard InChI is InChI=1S/C9H14O2/c1-4-7-11-9(10)6-5-8(2)3/h4-6,8H,1,7H2,2-3H3/b6-5+. The van der Waals surface area contributed by atoms with Crippen molar-refractivity contribution >= 4 is 5.97 Å². The quantitative estimate of drug-likeness (QED) is 0.351. The van der Waals surface area contributed by atoms with Gasteiger partial charge in [-0.1, -0.05) is 32.6 Å². The predicted molar refractivity (Wildman–Crippen MR) is 45.1 cm³/mol. The molecule has 0 saturated carbocycles. The normalized spacial score (nSPS) is 10.5. The lowest BCUT2D eigenvalue weighted by Crippen LogP contribution is -2.00. The molecule has 0 N–H and O–H groups in total. The number of hydrogen-bond donors (Lipinski definition) is 0. The van der Waals surface area contributed by atoms with Crippen LogP contribution in [0.15, 0.2) is 24.8 Å². The van der Waals surface area contributed by atoms with E-state index in [9.17, 15) is 4.79 Å². The molecule has 0 aromatic carbocycles. The molecular formula is C9H14O2. The molecule has 0 rings (SSSR count). The molecule has 0 aromatic heterocycles. The molecule has 0 amide bonds. The molecule has 0 unspecified atom stereocenters. The summed E-state index contributed by atoms with van der Waals surface area (Å²) in [6.45, 7) is 7.70. The lowest BCUT2D eigenvalue weighted by molar-refractivity contribution is -0.136. The van der Waals surface area contributed by atoms with Crippen molar-refractivity contribution < 1.29 is 9.53 Å². The minimum Gasteiger partial charge on any atom is -0.458 e. The Morgan fingerprint density at radius 2 is 2.27 bits per heavy atom. The molecule has 2 heteroatoms. The van der Waals surface area contributed by atoms with Crippen molar-refractivity contribution in [1.82, 2.24) is 0 Å². The molecule has 0 aliphatic carbocycles. The van der Waals surface area contributed by atoms with Crippen LogP contribution in [0.4, 0.5) is 0 Å². The molecule has 62 valence electrons. The minimum atomic E-state index is -0.307. The van der Waals surface area contributed by atoms with Crippen LogP contribution in [0, 0.1) is 5.92 Å². The second-order valence-electron chi connectivity index (χ2n) is 2.52. The molecule has 0 bridgehead atoms. The highest BCUT2D eigenvalue weighted by Crippen LogP contribution is 1.93. The number of rotatable bonds is 4. The van der Waals surface area contributed by atoms with Crippen molar-refractivity contribution in [1.29, 1.82) is 0 Å². The second kappa shape index (κ2) is 5.71. The van der Waals surface area contributed by atoms with E-state index in [1.54, 1.807) is 12.2 Å². The molecule has 2 nitrogen and oxygen atoms in total. The molecule has 0 atom stereocenters. The van der Waals surface area contributed by atoms with Crippen molar-refractivity contribution in [3.8, 4) is 0 Å². The average molecular weight is 154 g/mol. The summed E-state index contributed by atoms with van der Waals surface area (Å²) in [6, 6.07) is 0. The summed E-state index contributed by atoms with van der Waals surface area (Å²) in [5.41, 5.74) is 0. The van der Waals surface area contributed by atoms with Crippen molar-refractivity contribution in [2.75, 3.05) is 6.61 Å². The fourth-order valence-electron chi connectivity index (χ4n) is 0.460. The summed E-state index contributed by atoms with van der Waals surface area (Å²) in [6.07, 6.45) is 4.78. The van der Waals surface area contributed by atoms with Gasteiger partial charge in [0.05, 0.1) is 0 Å². The molecule has 0 heterocycles. The van der Waals surface area contributed by atoms with E-state index in [4.69, 9.17) is 4.74 Å². The Morgan fingerprint density at radius 3 is 2.73 bits per heavy atom. The molecule has 0 aromatic rings. The minimum absolute atomic E-state index is 0.279. The summed E-state index contributed by atoms with van der Waals surface area (Å²) < 4.78 is 4.70. The Kier molecular flexibility index (Phi) is 5.17. The van der Waals surface area contributed by atoms with Gasteiger partial charge >= 0.3 is 5.97 Å². The summed E-state index contributed by atoms with van der Waals surface area (Å²) in [5.74, 6) is 0.0740. The Labute approximate surface area is 67.6 Å². The Hall–Kier alpha value is -1.05. The van der Waals surface area contributed by atoms with Gasteiger partial charge in [-0.15, -0.1) is 0 Å². The average Bonchev–Trinajstić information content (AvgIpc) is 1.97. The number of hydrogen-bond acceptors (Lipinski definition) is 2. The van der Waals surface area contributed by atoms with Gasteiger partial charge in [-0.25, -0.2) is 4.79 Å². The first kappa shape index (κ1) is 9.95. The van der Waals surface area contributed by atoms with E-state index in [-0.39, 0.29) is 12.6 Å².